The molecule has 1 aliphatic heterocycles. The number of fused-ring (bicyclic) bond motifs is 1. The number of pyridine rings is 1. The number of carbonyl (C=O) groups is 1. The number of nitriles is 1. The van der Waals surface area contributed by atoms with Crippen LogP contribution in [0, 0.1) is 31.0 Å². The first-order valence-corrected chi connectivity index (χ1v) is 12.6. The highest BCUT2D eigenvalue weighted by molar-refractivity contribution is 6.06. The zero-order chi connectivity index (χ0) is 26.1. The molecule has 5 rings (SSSR count). The number of hydrogen-bond acceptors (Lipinski definition) is 4. The summed E-state index contributed by atoms with van der Waals surface area (Å²) in [5.41, 5.74) is 6.44. The summed E-state index contributed by atoms with van der Waals surface area (Å²) in [5, 5.41) is 13.2. The maximum absolute atomic E-state index is 14.4. The summed E-state index contributed by atoms with van der Waals surface area (Å²) in [4.78, 5) is 19.9. The Bertz CT molecular complexity index is 1500. The Kier molecular flexibility index (Phi) is 6.77. The molecule has 1 N–H and O–H groups in total. The number of likely N-dealkylation sites (tertiary alicyclic amines) is 1. The van der Waals surface area contributed by atoms with E-state index in [1.54, 1.807) is 36.5 Å². The molecule has 0 unspecified atom stereocenters. The second-order valence-corrected chi connectivity index (χ2v) is 9.92. The van der Waals surface area contributed by atoms with E-state index >= 15 is 0 Å². The van der Waals surface area contributed by atoms with Crippen molar-refractivity contribution in [2.75, 3.05) is 18.4 Å². The topological polar surface area (TPSA) is 74.0 Å². The van der Waals surface area contributed by atoms with Crippen LogP contribution in [0.1, 0.15) is 56.9 Å². The van der Waals surface area contributed by atoms with E-state index in [-0.39, 0.29) is 11.7 Å². The quantitative estimate of drug-likeness (QED) is 0.378. The zero-order valence-corrected chi connectivity index (χ0v) is 21.4. The van der Waals surface area contributed by atoms with Crippen molar-refractivity contribution in [3.63, 3.8) is 0 Å². The molecule has 0 spiro atoms. The van der Waals surface area contributed by atoms with Gasteiger partial charge >= 0.3 is 0 Å². The summed E-state index contributed by atoms with van der Waals surface area (Å²) in [6, 6.07) is 14.0. The van der Waals surface area contributed by atoms with Crippen LogP contribution in [-0.2, 0) is 13.6 Å². The van der Waals surface area contributed by atoms with Gasteiger partial charge in [-0.15, -0.1) is 0 Å². The number of hydrogen-bond donors (Lipinski definition) is 1. The van der Waals surface area contributed by atoms with Gasteiger partial charge in [0, 0.05) is 36.3 Å². The monoisotopic (exact) mass is 495 g/mol. The highest BCUT2D eigenvalue weighted by Crippen LogP contribution is 2.37. The average Bonchev–Trinajstić information content (AvgIpc) is 3.25. The fraction of sp³-hybridized carbons (Fsp3) is 0.300. The summed E-state index contributed by atoms with van der Waals surface area (Å²) in [7, 11) is 2.00. The zero-order valence-electron chi connectivity index (χ0n) is 21.4. The van der Waals surface area contributed by atoms with Gasteiger partial charge in [-0.25, -0.2) is 9.37 Å². The van der Waals surface area contributed by atoms with Crippen LogP contribution in [0.15, 0.2) is 54.9 Å². The van der Waals surface area contributed by atoms with Crippen LogP contribution < -0.4 is 5.32 Å². The Labute approximate surface area is 216 Å². The number of rotatable bonds is 5. The molecule has 0 radical (unpaired) electrons. The number of benzene rings is 2. The van der Waals surface area contributed by atoms with Gasteiger partial charge in [-0.1, -0.05) is 18.2 Å². The largest absolute Gasteiger partial charge is 0.335 e. The van der Waals surface area contributed by atoms with Gasteiger partial charge in [0.05, 0.1) is 23.5 Å². The van der Waals surface area contributed by atoms with Crippen LogP contribution in [-0.4, -0.2) is 33.4 Å². The van der Waals surface area contributed by atoms with Gasteiger partial charge in [0.25, 0.3) is 5.91 Å². The van der Waals surface area contributed by atoms with Crippen molar-refractivity contribution in [1.82, 2.24) is 14.5 Å². The molecular formula is C30H30FN5O. The lowest BCUT2D eigenvalue weighted by Crippen LogP contribution is -2.33. The molecule has 0 bridgehead atoms. The molecule has 4 aromatic rings. The van der Waals surface area contributed by atoms with E-state index in [1.165, 1.54) is 11.6 Å². The van der Waals surface area contributed by atoms with E-state index in [2.05, 4.69) is 32.0 Å². The summed E-state index contributed by atoms with van der Waals surface area (Å²) < 4.78 is 16.4. The first-order chi connectivity index (χ1) is 17.9. The normalized spacial score (nSPS) is 14.6. The molecule has 1 fully saturated rings. The molecule has 2 aromatic carbocycles. The molecule has 37 heavy (non-hydrogen) atoms. The van der Waals surface area contributed by atoms with Gasteiger partial charge in [-0.2, -0.15) is 5.26 Å². The van der Waals surface area contributed by atoms with Crippen LogP contribution in [0.3, 0.4) is 0 Å². The van der Waals surface area contributed by atoms with Gasteiger partial charge in [-0.05, 0) is 86.7 Å². The van der Waals surface area contributed by atoms with Crippen molar-refractivity contribution in [3.05, 3.63) is 94.1 Å². The molecule has 6 nitrogen and oxygen atoms in total. The summed E-state index contributed by atoms with van der Waals surface area (Å²) >= 11 is 0. The van der Waals surface area contributed by atoms with Crippen LogP contribution >= 0.6 is 0 Å². The number of nitrogens with one attached hydrogen (secondary N) is 1. The minimum atomic E-state index is -0.268. The van der Waals surface area contributed by atoms with E-state index in [0.717, 1.165) is 53.7 Å². The molecule has 2 aromatic heterocycles. The van der Waals surface area contributed by atoms with Crippen molar-refractivity contribution < 1.29 is 9.18 Å². The SMILES string of the molecule is Cc1cccc(F)c1CN1CCC(c2cn(C)c3ncc(NC(=O)c4cccc(C#N)c4)c(C)c23)CC1. The molecule has 0 saturated carbocycles. The third-order valence-corrected chi connectivity index (χ3v) is 7.54. The number of halogens is 1. The smallest absolute Gasteiger partial charge is 0.255 e. The third kappa shape index (κ3) is 4.85. The number of carbonyl (C=O) groups excluding carboxylic acids is 1. The summed E-state index contributed by atoms with van der Waals surface area (Å²) in [5.74, 6) is -0.0391. The molecule has 3 heterocycles. The predicted octanol–water partition coefficient (Wildman–Crippen LogP) is 5.83. The van der Waals surface area contributed by atoms with E-state index in [0.29, 0.717) is 29.3 Å². The Hall–Kier alpha value is -4.02. The van der Waals surface area contributed by atoms with Gasteiger partial charge in [-0.3, -0.25) is 9.69 Å². The molecule has 0 atom stereocenters. The van der Waals surface area contributed by atoms with Gasteiger partial charge in [0.2, 0.25) is 0 Å². The van der Waals surface area contributed by atoms with Crippen LogP contribution in [0.4, 0.5) is 10.1 Å². The van der Waals surface area contributed by atoms with Gasteiger partial charge < -0.3 is 9.88 Å². The Morgan fingerprint density at radius 1 is 1.19 bits per heavy atom. The fourth-order valence-corrected chi connectivity index (χ4v) is 5.39. The minimum Gasteiger partial charge on any atom is -0.335 e. The number of amides is 1. The summed E-state index contributed by atoms with van der Waals surface area (Å²) in [6.45, 7) is 6.41. The van der Waals surface area contributed by atoms with Crippen molar-refractivity contribution in [2.45, 2.75) is 39.2 Å². The van der Waals surface area contributed by atoms with Crippen molar-refractivity contribution in [2.24, 2.45) is 7.05 Å². The third-order valence-electron chi connectivity index (χ3n) is 7.54. The predicted molar refractivity (Wildman–Crippen MR) is 143 cm³/mol. The number of aromatic nitrogens is 2. The first-order valence-electron chi connectivity index (χ1n) is 12.6. The standard InChI is InChI=1S/C30H30FN5O/c1-19-6-4-9-26(31)24(19)18-36-12-10-22(11-13-36)25-17-35(3)29-28(25)20(2)27(16-33-29)34-30(37)23-8-5-7-21(14-23)15-32/h4-9,14,16-17,22H,10-13,18H2,1-3H3,(H,34,37). The number of anilines is 1. The summed E-state index contributed by atoms with van der Waals surface area (Å²) in [6.07, 6.45) is 5.81. The van der Waals surface area contributed by atoms with Crippen LogP contribution in [0.2, 0.25) is 0 Å². The van der Waals surface area contributed by atoms with E-state index in [1.807, 2.05) is 27.0 Å². The molecule has 7 heteroatoms. The highest BCUT2D eigenvalue weighted by atomic mass is 19.1. The van der Waals surface area contributed by atoms with Gasteiger partial charge in [0.15, 0.2) is 0 Å². The number of piperidine rings is 1. The van der Waals surface area contributed by atoms with Crippen molar-refractivity contribution in [1.29, 1.82) is 5.26 Å². The minimum absolute atomic E-state index is 0.133. The number of nitrogens with zero attached hydrogens (tertiary/aromatic N) is 4. The second kappa shape index (κ2) is 10.2. The Balaban J connectivity index is 1.36. The Morgan fingerprint density at radius 3 is 2.68 bits per heavy atom. The lowest BCUT2D eigenvalue weighted by atomic mass is 9.88. The molecule has 1 saturated heterocycles. The van der Waals surface area contributed by atoms with Crippen LogP contribution in [0.5, 0.6) is 0 Å². The van der Waals surface area contributed by atoms with Gasteiger partial charge in [0.1, 0.15) is 11.5 Å². The fourth-order valence-electron chi connectivity index (χ4n) is 5.39. The highest BCUT2D eigenvalue weighted by Gasteiger charge is 2.26. The maximum atomic E-state index is 14.4. The first kappa shape index (κ1) is 24.7. The molecule has 1 amide bonds. The Morgan fingerprint density at radius 2 is 1.95 bits per heavy atom. The van der Waals surface area contributed by atoms with Crippen molar-refractivity contribution >= 4 is 22.6 Å². The second-order valence-electron chi connectivity index (χ2n) is 9.92. The molecule has 1 aliphatic rings. The maximum Gasteiger partial charge on any atom is 0.255 e. The van der Waals surface area contributed by atoms with Crippen molar-refractivity contribution in [3.8, 4) is 6.07 Å². The lowest BCUT2D eigenvalue weighted by Gasteiger charge is -2.32. The lowest BCUT2D eigenvalue weighted by molar-refractivity contribution is 0.102. The molecule has 0 aliphatic carbocycles. The van der Waals surface area contributed by atoms with Crippen LogP contribution in [0.25, 0.3) is 11.0 Å². The number of aryl methyl sites for hydroxylation is 3. The average molecular weight is 496 g/mol. The molecule has 188 valence electrons. The molecular weight excluding hydrogens is 465 g/mol. The van der Waals surface area contributed by atoms with E-state index in [9.17, 15) is 9.18 Å². The van der Waals surface area contributed by atoms with E-state index in [4.69, 9.17) is 5.26 Å². The van der Waals surface area contributed by atoms with E-state index < -0.39 is 0 Å².